The van der Waals surface area contributed by atoms with E-state index in [4.69, 9.17) is 0 Å². The normalized spacial score (nSPS) is 18.6. The van der Waals surface area contributed by atoms with Gasteiger partial charge in [-0.2, -0.15) is 0 Å². The first-order chi connectivity index (χ1) is 6.79. The molecular formula is C11H16N2O. The number of aliphatic hydroxyl groups excluding tert-OH is 1. The van der Waals surface area contributed by atoms with E-state index in [0.717, 1.165) is 24.5 Å². The minimum atomic E-state index is -0.431. The van der Waals surface area contributed by atoms with Gasteiger partial charge in [-0.15, -0.1) is 0 Å². The summed E-state index contributed by atoms with van der Waals surface area (Å²) < 4.78 is 0. The van der Waals surface area contributed by atoms with Gasteiger partial charge >= 0.3 is 0 Å². The third-order valence-corrected chi connectivity index (χ3v) is 2.67. The molecule has 0 spiro atoms. The maximum atomic E-state index is 9.60. The molecule has 2 rings (SSSR count). The summed E-state index contributed by atoms with van der Waals surface area (Å²) in [5.41, 5.74) is 0.939. The van der Waals surface area contributed by atoms with Crippen LogP contribution >= 0.6 is 0 Å². The average Bonchev–Trinajstić information content (AvgIpc) is 2.70. The van der Waals surface area contributed by atoms with Gasteiger partial charge in [-0.05, 0) is 25.8 Å². The third-order valence-electron chi connectivity index (χ3n) is 2.67. The Balaban J connectivity index is 2.30. The highest BCUT2D eigenvalue weighted by Crippen LogP contribution is 2.26. The van der Waals surface area contributed by atoms with Crippen molar-refractivity contribution in [2.45, 2.75) is 25.9 Å². The quantitative estimate of drug-likeness (QED) is 0.775. The van der Waals surface area contributed by atoms with Crippen LogP contribution in [-0.2, 0) is 0 Å². The summed E-state index contributed by atoms with van der Waals surface area (Å²) >= 11 is 0. The Bertz CT molecular complexity index is 306. The molecule has 1 fully saturated rings. The molecule has 0 amide bonds. The molecule has 1 saturated heterocycles. The first-order valence-electron chi connectivity index (χ1n) is 5.17. The number of hydrogen-bond donors (Lipinski definition) is 1. The molecule has 1 aliphatic heterocycles. The summed E-state index contributed by atoms with van der Waals surface area (Å²) in [6.45, 7) is 3.92. The second-order valence-electron chi connectivity index (χ2n) is 3.79. The van der Waals surface area contributed by atoms with Crippen molar-refractivity contribution in [3.63, 3.8) is 0 Å². The van der Waals surface area contributed by atoms with Crippen LogP contribution in [0.25, 0.3) is 0 Å². The zero-order valence-corrected chi connectivity index (χ0v) is 8.48. The van der Waals surface area contributed by atoms with Crippen molar-refractivity contribution in [1.29, 1.82) is 0 Å². The van der Waals surface area contributed by atoms with E-state index in [1.54, 1.807) is 13.1 Å². The highest BCUT2D eigenvalue weighted by Gasteiger charge is 2.18. The van der Waals surface area contributed by atoms with Crippen molar-refractivity contribution >= 4 is 5.82 Å². The van der Waals surface area contributed by atoms with E-state index in [0.29, 0.717) is 0 Å². The van der Waals surface area contributed by atoms with Crippen LogP contribution in [0.4, 0.5) is 5.82 Å². The van der Waals surface area contributed by atoms with Crippen LogP contribution in [0.5, 0.6) is 0 Å². The predicted octanol–water partition coefficient (Wildman–Crippen LogP) is 1.74. The minimum Gasteiger partial charge on any atom is -0.389 e. The molecule has 14 heavy (non-hydrogen) atoms. The molecule has 0 aliphatic carbocycles. The molecule has 1 aliphatic rings. The van der Waals surface area contributed by atoms with E-state index in [2.05, 4.69) is 9.88 Å². The van der Waals surface area contributed by atoms with E-state index in [1.807, 2.05) is 12.1 Å². The maximum absolute atomic E-state index is 9.60. The van der Waals surface area contributed by atoms with Gasteiger partial charge in [0.05, 0.1) is 6.10 Å². The first-order valence-corrected chi connectivity index (χ1v) is 5.17. The third kappa shape index (κ3) is 1.73. The Morgan fingerprint density at radius 1 is 1.43 bits per heavy atom. The fraction of sp³-hybridized carbons (Fsp3) is 0.545. The number of pyridine rings is 1. The van der Waals surface area contributed by atoms with Gasteiger partial charge in [-0.3, -0.25) is 0 Å². The Labute approximate surface area is 84.4 Å². The summed E-state index contributed by atoms with van der Waals surface area (Å²) in [5, 5.41) is 9.60. The van der Waals surface area contributed by atoms with E-state index < -0.39 is 6.10 Å². The summed E-state index contributed by atoms with van der Waals surface area (Å²) in [6, 6.07) is 3.83. The SMILES string of the molecule is C[C@@H](O)c1cccnc1N1CCCC1. The van der Waals surface area contributed by atoms with Gasteiger partial charge < -0.3 is 10.0 Å². The molecule has 0 unspecified atom stereocenters. The highest BCUT2D eigenvalue weighted by molar-refractivity contribution is 5.48. The zero-order chi connectivity index (χ0) is 9.97. The lowest BCUT2D eigenvalue weighted by Crippen LogP contribution is -2.21. The molecule has 0 saturated carbocycles. The number of nitrogens with zero attached hydrogens (tertiary/aromatic N) is 2. The fourth-order valence-electron chi connectivity index (χ4n) is 1.93. The van der Waals surface area contributed by atoms with Crippen molar-refractivity contribution < 1.29 is 5.11 Å². The molecular weight excluding hydrogens is 176 g/mol. The lowest BCUT2D eigenvalue weighted by molar-refractivity contribution is 0.199. The molecule has 76 valence electrons. The second-order valence-corrected chi connectivity index (χ2v) is 3.79. The molecule has 3 heteroatoms. The number of rotatable bonds is 2. The van der Waals surface area contributed by atoms with Crippen LogP contribution < -0.4 is 4.90 Å². The first kappa shape index (κ1) is 9.46. The summed E-state index contributed by atoms with van der Waals surface area (Å²) in [4.78, 5) is 6.60. The average molecular weight is 192 g/mol. The van der Waals surface area contributed by atoms with E-state index in [1.165, 1.54) is 12.8 Å². The van der Waals surface area contributed by atoms with Gasteiger partial charge in [0.15, 0.2) is 0 Å². The van der Waals surface area contributed by atoms with Gasteiger partial charge in [-0.1, -0.05) is 6.07 Å². The van der Waals surface area contributed by atoms with Gasteiger partial charge in [0.25, 0.3) is 0 Å². The van der Waals surface area contributed by atoms with Crippen LogP contribution in [0, 0.1) is 0 Å². The van der Waals surface area contributed by atoms with Crippen LogP contribution in [0.1, 0.15) is 31.4 Å². The van der Waals surface area contributed by atoms with E-state index in [-0.39, 0.29) is 0 Å². The number of anilines is 1. The van der Waals surface area contributed by atoms with E-state index in [9.17, 15) is 5.11 Å². The summed E-state index contributed by atoms with van der Waals surface area (Å²) in [6.07, 6.45) is 3.82. The summed E-state index contributed by atoms with van der Waals surface area (Å²) in [7, 11) is 0. The maximum Gasteiger partial charge on any atom is 0.134 e. The molecule has 0 radical (unpaired) electrons. The Kier molecular flexibility index (Phi) is 2.68. The van der Waals surface area contributed by atoms with Crippen molar-refractivity contribution in [3.05, 3.63) is 23.9 Å². The monoisotopic (exact) mass is 192 g/mol. The van der Waals surface area contributed by atoms with Gasteiger partial charge in [-0.25, -0.2) is 4.98 Å². The van der Waals surface area contributed by atoms with Crippen LogP contribution in [0.15, 0.2) is 18.3 Å². The molecule has 1 N–H and O–H groups in total. The summed E-state index contributed by atoms with van der Waals surface area (Å²) in [5.74, 6) is 0.958. The van der Waals surface area contributed by atoms with Gasteiger partial charge in [0, 0.05) is 24.8 Å². The second kappa shape index (κ2) is 3.96. The number of hydrogen-bond acceptors (Lipinski definition) is 3. The molecule has 1 aromatic heterocycles. The number of aromatic nitrogens is 1. The lowest BCUT2D eigenvalue weighted by Gasteiger charge is -2.20. The standard InChI is InChI=1S/C11H16N2O/c1-9(14)10-5-4-6-12-11(10)13-7-2-3-8-13/h4-6,9,14H,2-3,7-8H2,1H3/t9-/m1/s1. The van der Waals surface area contributed by atoms with E-state index >= 15 is 0 Å². The van der Waals surface area contributed by atoms with Gasteiger partial charge in [0.2, 0.25) is 0 Å². The molecule has 1 atom stereocenters. The van der Waals surface area contributed by atoms with Crippen molar-refractivity contribution in [2.75, 3.05) is 18.0 Å². The topological polar surface area (TPSA) is 36.4 Å². The molecule has 0 aromatic carbocycles. The number of aliphatic hydroxyl groups is 1. The van der Waals surface area contributed by atoms with Crippen molar-refractivity contribution in [3.8, 4) is 0 Å². The lowest BCUT2D eigenvalue weighted by atomic mass is 10.1. The fourth-order valence-corrected chi connectivity index (χ4v) is 1.93. The van der Waals surface area contributed by atoms with Crippen LogP contribution in [-0.4, -0.2) is 23.2 Å². The Morgan fingerprint density at radius 2 is 2.14 bits per heavy atom. The zero-order valence-electron chi connectivity index (χ0n) is 8.48. The van der Waals surface area contributed by atoms with Crippen molar-refractivity contribution in [1.82, 2.24) is 4.98 Å². The smallest absolute Gasteiger partial charge is 0.134 e. The van der Waals surface area contributed by atoms with Crippen LogP contribution in [0.2, 0.25) is 0 Å². The largest absolute Gasteiger partial charge is 0.389 e. The minimum absolute atomic E-state index is 0.431. The predicted molar refractivity (Wildman–Crippen MR) is 56.3 cm³/mol. The molecule has 1 aromatic rings. The van der Waals surface area contributed by atoms with Crippen LogP contribution in [0.3, 0.4) is 0 Å². The molecule has 2 heterocycles. The molecule has 0 bridgehead atoms. The molecule has 3 nitrogen and oxygen atoms in total. The van der Waals surface area contributed by atoms with Crippen molar-refractivity contribution in [2.24, 2.45) is 0 Å². The highest BCUT2D eigenvalue weighted by atomic mass is 16.3. The van der Waals surface area contributed by atoms with Gasteiger partial charge in [0.1, 0.15) is 5.82 Å². The Morgan fingerprint density at radius 3 is 2.79 bits per heavy atom. The Hall–Kier alpha value is -1.09.